The minimum absolute atomic E-state index is 0. The van der Waals surface area contributed by atoms with E-state index in [4.69, 9.17) is 0 Å². The van der Waals surface area contributed by atoms with Crippen molar-refractivity contribution in [2.24, 2.45) is 0 Å². The molecule has 24 heavy (non-hydrogen) atoms. The van der Waals surface area contributed by atoms with Gasteiger partial charge in [-0.25, -0.2) is 24.3 Å². The molecular formula is C20H33Cl2SiTi. The van der Waals surface area contributed by atoms with Crippen LogP contribution in [0.1, 0.15) is 52.7 Å². The summed E-state index contributed by atoms with van der Waals surface area (Å²) in [6, 6.07) is 17.0. The topological polar surface area (TPSA) is 0 Å². The zero-order chi connectivity index (χ0) is 16.5. The first-order valence-electron chi connectivity index (χ1n) is 7.81. The van der Waals surface area contributed by atoms with Crippen molar-refractivity contribution in [3.05, 3.63) is 59.7 Å². The largest absolute Gasteiger partial charge is 4.00 e. The van der Waals surface area contributed by atoms with Gasteiger partial charge >= 0.3 is 21.7 Å². The molecule has 2 rings (SSSR count). The molecule has 135 valence electrons. The third-order valence-corrected chi connectivity index (χ3v) is 3.06. The first-order valence-corrected chi connectivity index (χ1v) is 10.1. The average molecular weight is 420 g/mol. The Balaban J connectivity index is -0.000000130. The molecule has 0 saturated carbocycles. The van der Waals surface area contributed by atoms with E-state index in [1.54, 1.807) is 0 Å². The summed E-state index contributed by atoms with van der Waals surface area (Å²) in [6.45, 7) is 17.8. The summed E-state index contributed by atoms with van der Waals surface area (Å²) in [5.74, 6) is 0. The fourth-order valence-electron chi connectivity index (χ4n) is 1.75. The molecule has 0 bridgehead atoms. The normalized spacial score (nSPS) is 9.67. The van der Waals surface area contributed by atoms with Crippen LogP contribution in [0.3, 0.4) is 0 Å². The molecule has 0 heterocycles. The van der Waals surface area contributed by atoms with Gasteiger partial charge in [0.1, 0.15) is 0 Å². The Kier molecular flexibility index (Phi) is 20.6. The van der Waals surface area contributed by atoms with Crippen LogP contribution in [-0.2, 0) is 32.5 Å². The predicted molar refractivity (Wildman–Crippen MR) is 100 cm³/mol. The second-order valence-corrected chi connectivity index (χ2v) is 8.58. The molecule has 0 spiro atoms. The Morgan fingerprint density at radius 3 is 1.04 bits per heavy atom. The first-order chi connectivity index (χ1) is 9.62. The van der Waals surface area contributed by atoms with Crippen LogP contribution in [0, 0.1) is 0 Å². The maximum atomic E-state index is 2.22. The van der Waals surface area contributed by atoms with Crippen LogP contribution < -0.4 is 24.8 Å². The van der Waals surface area contributed by atoms with E-state index in [1.807, 2.05) is 0 Å². The molecule has 2 aromatic rings. The van der Waals surface area contributed by atoms with Gasteiger partial charge in [-0.05, 0) is 10.8 Å². The minimum atomic E-state index is 0. The van der Waals surface area contributed by atoms with Crippen molar-refractivity contribution >= 4 is 9.52 Å². The van der Waals surface area contributed by atoms with E-state index in [9.17, 15) is 0 Å². The Morgan fingerprint density at radius 2 is 0.958 bits per heavy atom. The monoisotopic (exact) mass is 419 g/mol. The van der Waals surface area contributed by atoms with E-state index in [1.165, 1.54) is 11.1 Å². The van der Waals surface area contributed by atoms with Gasteiger partial charge in [0.2, 0.25) is 0 Å². The second kappa shape index (κ2) is 15.5. The van der Waals surface area contributed by atoms with Gasteiger partial charge in [0.25, 0.3) is 0 Å². The summed E-state index contributed by atoms with van der Waals surface area (Å²) >= 11 is 0. The van der Waals surface area contributed by atoms with Gasteiger partial charge in [-0.2, -0.15) is 35.4 Å². The molecule has 2 aromatic carbocycles. The number of hydrogen-bond acceptors (Lipinski definition) is 0. The zero-order valence-corrected chi connectivity index (χ0v) is 20.7. The molecule has 0 atom stereocenters. The molecule has 0 aromatic heterocycles. The van der Waals surface area contributed by atoms with Crippen LogP contribution in [0.2, 0.25) is 13.1 Å². The fourth-order valence-corrected chi connectivity index (χ4v) is 1.75. The van der Waals surface area contributed by atoms with Gasteiger partial charge in [0, 0.05) is 9.52 Å². The predicted octanol–water partition coefficient (Wildman–Crippen LogP) is -0.0694. The molecule has 0 N–H and O–H groups in total. The molecule has 4 heteroatoms. The zero-order valence-electron chi connectivity index (χ0n) is 16.5. The van der Waals surface area contributed by atoms with E-state index < -0.39 is 0 Å². The molecule has 0 saturated heterocycles. The summed E-state index contributed by atoms with van der Waals surface area (Å²) in [5.41, 5.74) is 3.48. The summed E-state index contributed by atoms with van der Waals surface area (Å²) in [5, 5.41) is 0. The molecule has 0 amide bonds. The standard InChI is InChI=1S/2C9H13.C2H7Si.2ClH.Ti/c2*1-9(2,3)8-6-4-5-7-8;1-3-2;;;/h2*4-7H,1-3H3;3H,1-2H3;2*1H;/q2*-1;;;;+4/p-2. The fraction of sp³-hybridized carbons (Fsp3) is 0.500. The van der Waals surface area contributed by atoms with E-state index in [-0.39, 0.29) is 46.5 Å². The van der Waals surface area contributed by atoms with Gasteiger partial charge in [-0.1, -0.05) is 54.6 Å². The average Bonchev–Trinajstić information content (AvgIpc) is 3.03. The number of hydrogen-bond donors (Lipinski definition) is 0. The Labute approximate surface area is 180 Å². The number of rotatable bonds is 0. The molecule has 0 nitrogen and oxygen atoms in total. The second-order valence-electron chi connectivity index (χ2n) is 7.42. The van der Waals surface area contributed by atoms with E-state index in [0.717, 1.165) is 9.52 Å². The Hall–Kier alpha value is 0.211. The Morgan fingerprint density at radius 1 is 0.708 bits per heavy atom. The molecule has 0 aliphatic heterocycles. The smallest absolute Gasteiger partial charge is 1.00 e. The summed E-state index contributed by atoms with van der Waals surface area (Å²) in [7, 11) is 0.750. The molecule has 0 aliphatic carbocycles. The van der Waals surface area contributed by atoms with Crippen molar-refractivity contribution < 1.29 is 46.5 Å². The molecule has 0 unspecified atom stereocenters. The van der Waals surface area contributed by atoms with Gasteiger partial charge in [-0.3, -0.25) is 0 Å². The molecule has 0 fully saturated rings. The van der Waals surface area contributed by atoms with Gasteiger partial charge < -0.3 is 24.8 Å². The Bertz CT molecular complexity index is 405. The summed E-state index contributed by atoms with van der Waals surface area (Å²) in [4.78, 5) is 0. The van der Waals surface area contributed by atoms with Crippen LogP contribution >= 0.6 is 0 Å². The van der Waals surface area contributed by atoms with Crippen molar-refractivity contribution in [1.82, 2.24) is 0 Å². The van der Waals surface area contributed by atoms with Crippen molar-refractivity contribution in [1.29, 1.82) is 0 Å². The van der Waals surface area contributed by atoms with Gasteiger partial charge in [0.15, 0.2) is 0 Å². The maximum Gasteiger partial charge on any atom is 4.00 e. The molecule has 1 radical (unpaired) electrons. The third kappa shape index (κ3) is 14.5. The quantitative estimate of drug-likeness (QED) is 0.414. The van der Waals surface area contributed by atoms with Crippen LogP contribution in [0.5, 0.6) is 0 Å². The van der Waals surface area contributed by atoms with E-state index in [2.05, 4.69) is 103 Å². The van der Waals surface area contributed by atoms with Crippen LogP contribution in [0.15, 0.2) is 48.5 Å². The van der Waals surface area contributed by atoms with E-state index >= 15 is 0 Å². The van der Waals surface area contributed by atoms with Crippen molar-refractivity contribution in [2.45, 2.75) is 65.5 Å². The first kappa shape index (κ1) is 31.9. The molecular weight excluding hydrogens is 387 g/mol. The van der Waals surface area contributed by atoms with Crippen LogP contribution in [0.25, 0.3) is 0 Å². The van der Waals surface area contributed by atoms with Crippen molar-refractivity contribution in [2.75, 3.05) is 0 Å². The van der Waals surface area contributed by atoms with Gasteiger partial charge in [0.05, 0.1) is 0 Å². The van der Waals surface area contributed by atoms with E-state index in [0.29, 0.717) is 10.8 Å². The summed E-state index contributed by atoms with van der Waals surface area (Å²) in [6.07, 6.45) is 0. The minimum Gasteiger partial charge on any atom is -1.00 e. The summed E-state index contributed by atoms with van der Waals surface area (Å²) < 4.78 is 0. The maximum absolute atomic E-state index is 2.22. The van der Waals surface area contributed by atoms with Crippen molar-refractivity contribution in [3.8, 4) is 0 Å². The van der Waals surface area contributed by atoms with Crippen molar-refractivity contribution in [3.63, 3.8) is 0 Å². The van der Waals surface area contributed by atoms with Crippen LogP contribution in [-0.4, -0.2) is 9.52 Å². The van der Waals surface area contributed by atoms with Crippen LogP contribution in [0.4, 0.5) is 0 Å². The molecule has 0 aliphatic rings. The number of halogens is 2. The third-order valence-electron chi connectivity index (χ3n) is 3.06. The van der Waals surface area contributed by atoms with Gasteiger partial charge in [-0.15, -0.1) is 0 Å². The SMILES string of the molecule is CC(C)(C)c1ccc[cH-]1.CC(C)(C)c1ccc[cH-]1.C[SiH]C.[Cl-].[Cl-].[Ti+4].